The molecule has 2 aliphatic rings. The lowest BCUT2D eigenvalue weighted by Gasteiger charge is -2.19. The molecule has 0 radical (unpaired) electrons. The third-order valence-corrected chi connectivity index (χ3v) is 11.4. The van der Waals surface area contributed by atoms with E-state index in [0.29, 0.717) is 5.92 Å². The van der Waals surface area contributed by atoms with Crippen molar-refractivity contribution in [1.29, 1.82) is 0 Å². The molecule has 7 aromatic rings. The molecule has 1 aromatic heterocycles. The van der Waals surface area contributed by atoms with Crippen molar-refractivity contribution in [3.05, 3.63) is 160 Å². The van der Waals surface area contributed by atoms with E-state index in [9.17, 15) is 0 Å². The van der Waals surface area contributed by atoms with Crippen molar-refractivity contribution in [1.82, 2.24) is 0 Å². The van der Waals surface area contributed by atoms with Gasteiger partial charge in [0.25, 0.3) is 0 Å². The van der Waals surface area contributed by atoms with Crippen LogP contribution in [0.25, 0.3) is 58.4 Å². The molecule has 1 unspecified atom stereocenters. The fraction of sp³-hybridized carbons (Fsp3) is 0.0732. The predicted molar refractivity (Wildman–Crippen MR) is 191 cm³/mol. The number of rotatable bonds is 3. The molecule has 2 aliphatic carbocycles. The van der Waals surface area contributed by atoms with Crippen LogP contribution in [0.15, 0.2) is 143 Å². The zero-order valence-corrected chi connectivity index (χ0v) is 26.1. The van der Waals surface area contributed by atoms with Gasteiger partial charge in [0, 0.05) is 25.9 Å². The largest absolute Gasteiger partial charge is 0.134 e. The Hall–Kier alpha value is -4.24. The molecule has 204 valence electrons. The van der Waals surface area contributed by atoms with E-state index >= 15 is 0 Å². The maximum Gasteiger partial charge on any atom is 0.0504 e. The van der Waals surface area contributed by atoms with Gasteiger partial charge in [0.2, 0.25) is 0 Å². The first-order valence-electron chi connectivity index (χ1n) is 14.9. The Morgan fingerprint density at radius 2 is 1.35 bits per heavy atom. The molecule has 6 aromatic carbocycles. The highest BCUT2D eigenvalue weighted by Crippen LogP contribution is 2.58. The minimum absolute atomic E-state index is 0.453. The molecule has 1 atom stereocenters. The van der Waals surface area contributed by atoms with Crippen molar-refractivity contribution in [3.8, 4) is 0 Å². The Morgan fingerprint density at radius 3 is 2.14 bits per heavy atom. The van der Waals surface area contributed by atoms with Crippen LogP contribution in [-0.2, 0) is 0 Å². The van der Waals surface area contributed by atoms with Crippen molar-refractivity contribution in [2.75, 3.05) is 0 Å². The number of fused-ring (bicyclic) bond motifs is 8. The molecule has 0 amide bonds. The summed E-state index contributed by atoms with van der Waals surface area (Å²) in [6, 6.07) is 44.7. The van der Waals surface area contributed by atoms with Gasteiger partial charge in [0.1, 0.15) is 0 Å². The summed E-state index contributed by atoms with van der Waals surface area (Å²) in [6.45, 7) is 2.32. The molecular formula is C41H27BrS. The highest BCUT2D eigenvalue weighted by Gasteiger charge is 2.40. The van der Waals surface area contributed by atoms with Crippen LogP contribution in [0.5, 0.6) is 0 Å². The van der Waals surface area contributed by atoms with E-state index in [2.05, 4.69) is 150 Å². The topological polar surface area (TPSA) is 0 Å². The van der Waals surface area contributed by atoms with E-state index in [-0.39, 0.29) is 0 Å². The fourth-order valence-corrected chi connectivity index (χ4v) is 9.18. The van der Waals surface area contributed by atoms with Crippen LogP contribution < -0.4 is 0 Å². The van der Waals surface area contributed by atoms with Crippen LogP contribution in [0.1, 0.15) is 30.0 Å². The van der Waals surface area contributed by atoms with Gasteiger partial charge in [-0.15, -0.1) is 11.3 Å². The maximum absolute atomic E-state index is 4.00. The van der Waals surface area contributed by atoms with Gasteiger partial charge in [-0.05, 0) is 108 Å². The van der Waals surface area contributed by atoms with E-state index < -0.39 is 0 Å². The molecule has 1 saturated carbocycles. The van der Waals surface area contributed by atoms with Gasteiger partial charge in [0.15, 0.2) is 0 Å². The summed E-state index contributed by atoms with van der Waals surface area (Å²) < 4.78 is 3.81. The standard InChI is InChI=1S/C41H27BrS/c1-24-20-30(38(26-14-6-3-7-15-26)33-22-32(33)37(24)25-12-4-2-5-13-25)31-21-27-16-8-9-17-28(27)34-23-35(42)41-40(39(31)34)29-18-10-11-19-36(29)43-41/h2-21,23,32H,22H2,1H3. The molecule has 0 bridgehead atoms. The number of hydrogen-bond donors (Lipinski definition) is 0. The number of hydrogen-bond acceptors (Lipinski definition) is 1. The molecule has 0 aliphatic heterocycles. The van der Waals surface area contributed by atoms with Gasteiger partial charge in [-0.3, -0.25) is 0 Å². The maximum atomic E-state index is 4.00. The Kier molecular flexibility index (Phi) is 5.67. The lowest BCUT2D eigenvalue weighted by molar-refractivity contribution is 1.16. The molecule has 1 heterocycles. The molecule has 0 nitrogen and oxygen atoms in total. The van der Waals surface area contributed by atoms with Crippen molar-refractivity contribution in [2.45, 2.75) is 13.3 Å². The molecule has 0 saturated heterocycles. The second-order valence-corrected chi connectivity index (χ2v) is 13.7. The first-order valence-corrected chi connectivity index (χ1v) is 16.5. The van der Waals surface area contributed by atoms with Crippen LogP contribution >= 0.6 is 27.3 Å². The highest BCUT2D eigenvalue weighted by molar-refractivity contribution is 9.10. The average molecular weight is 632 g/mol. The lowest BCUT2D eigenvalue weighted by atomic mass is 9.84. The Bertz CT molecular complexity index is 2370. The average Bonchev–Trinajstić information content (AvgIpc) is 3.72. The molecule has 43 heavy (non-hydrogen) atoms. The number of thiophene rings is 1. The molecular weight excluding hydrogens is 604 g/mol. The first-order chi connectivity index (χ1) is 21.2. The summed E-state index contributed by atoms with van der Waals surface area (Å²) in [5.74, 6) is 0.453. The summed E-state index contributed by atoms with van der Waals surface area (Å²) in [5, 5.41) is 7.90. The number of allylic oxidation sites excluding steroid dienone is 6. The van der Waals surface area contributed by atoms with Gasteiger partial charge < -0.3 is 0 Å². The van der Waals surface area contributed by atoms with Gasteiger partial charge >= 0.3 is 0 Å². The molecule has 2 heteroatoms. The normalized spacial score (nSPS) is 16.7. The van der Waals surface area contributed by atoms with Crippen LogP contribution in [0.2, 0.25) is 0 Å². The molecule has 9 rings (SSSR count). The van der Waals surface area contributed by atoms with Crippen molar-refractivity contribution < 1.29 is 0 Å². The van der Waals surface area contributed by atoms with Gasteiger partial charge in [-0.1, -0.05) is 115 Å². The smallest absolute Gasteiger partial charge is 0.0504 e. The van der Waals surface area contributed by atoms with E-state index in [0.717, 1.165) is 6.42 Å². The Balaban J connectivity index is 1.47. The Morgan fingerprint density at radius 1 is 0.674 bits per heavy atom. The summed E-state index contributed by atoms with van der Waals surface area (Å²) in [4.78, 5) is 0. The van der Waals surface area contributed by atoms with Crippen molar-refractivity contribution in [3.63, 3.8) is 0 Å². The van der Waals surface area contributed by atoms with E-state index in [1.807, 2.05) is 11.3 Å². The Labute approximate surface area is 263 Å². The third kappa shape index (κ3) is 3.87. The minimum Gasteiger partial charge on any atom is -0.134 e. The van der Waals surface area contributed by atoms with E-state index in [4.69, 9.17) is 0 Å². The highest BCUT2D eigenvalue weighted by atomic mass is 79.9. The monoisotopic (exact) mass is 630 g/mol. The first kappa shape index (κ1) is 25.3. The van der Waals surface area contributed by atoms with Crippen molar-refractivity contribution >= 4 is 85.7 Å². The third-order valence-electron chi connectivity index (χ3n) is 9.27. The fourth-order valence-electron chi connectivity index (χ4n) is 7.39. The molecule has 0 N–H and O–H groups in total. The second kappa shape index (κ2) is 9.64. The quantitative estimate of drug-likeness (QED) is 0.170. The summed E-state index contributed by atoms with van der Waals surface area (Å²) in [7, 11) is 0. The zero-order valence-electron chi connectivity index (χ0n) is 23.7. The predicted octanol–water partition coefficient (Wildman–Crippen LogP) is 12.5. The summed E-state index contributed by atoms with van der Waals surface area (Å²) in [5.41, 5.74) is 11.1. The van der Waals surface area contributed by atoms with Crippen LogP contribution in [0, 0.1) is 5.92 Å². The van der Waals surface area contributed by atoms with Crippen molar-refractivity contribution in [2.24, 2.45) is 5.92 Å². The van der Waals surface area contributed by atoms with Gasteiger partial charge in [0.05, 0.1) is 4.70 Å². The zero-order chi connectivity index (χ0) is 28.7. The van der Waals surface area contributed by atoms with E-state index in [1.165, 1.54) is 85.2 Å². The summed E-state index contributed by atoms with van der Waals surface area (Å²) >= 11 is 5.89. The second-order valence-electron chi connectivity index (χ2n) is 11.8. The number of halogens is 1. The van der Waals surface area contributed by atoms with Gasteiger partial charge in [-0.25, -0.2) is 0 Å². The van der Waals surface area contributed by atoms with Gasteiger partial charge in [-0.2, -0.15) is 0 Å². The lowest BCUT2D eigenvalue weighted by Crippen LogP contribution is -1.95. The van der Waals surface area contributed by atoms with E-state index in [1.54, 1.807) is 5.57 Å². The summed E-state index contributed by atoms with van der Waals surface area (Å²) in [6.07, 6.45) is 3.60. The molecule has 0 spiro atoms. The number of benzene rings is 6. The van der Waals surface area contributed by atoms with Crippen LogP contribution in [-0.4, -0.2) is 0 Å². The van der Waals surface area contributed by atoms with Crippen LogP contribution in [0.3, 0.4) is 0 Å². The molecule has 1 fully saturated rings. The minimum atomic E-state index is 0.453. The SMILES string of the molecule is CC1=C(c2ccccc2)C2CC2=C(c2ccccc2)C(c2cc3ccccc3c3cc(Br)c4sc5ccccc5c4c23)=C1. The van der Waals surface area contributed by atoms with Crippen LogP contribution in [0.4, 0.5) is 0 Å².